The summed E-state index contributed by atoms with van der Waals surface area (Å²) in [6, 6.07) is 8.25. The zero-order valence-corrected chi connectivity index (χ0v) is 12.5. The number of fused-ring (bicyclic) bond motifs is 1. The minimum absolute atomic E-state index is 0.779. The lowest BCUT2D eigenvalue weighted by Gasteiger charge is -2.09. The van der Waals surface area contributed by atoms with Crippen molar-refractivity contribution in [2.45, 2.75) is 32.9 Å². The highest BCUT2D eigenvalue weighted by Gasteiger charge is 2.18. The molecule has 0 unspecified atom stereocenters. The summed E-state index contributed by atoms with van der Waals surface area (Å²) < 4.78 is 1.12. The topological polar surface area (TPSA) is 37.8 Å². The summed E-state index contributed by atoms with van der Waals surface area (Å²) in [5.41, 5.74) is 4.90. The third-order valence-corrected chi connectivity index (χ3v) is 4.23. The minimum atomic E-state index is 0.779. The molecule has 0 bridgehead atoms. The Labute approximate surface area is 121 Å². The van der Waals surface area contributed by atoms with Gasteiger partial charge in [0.25, 0.3) is 0 Å². The van der Waals surface area contributed by atoms with Gasteiger partial charge in [0, 0.05) is 35.2 Å². The predicted molar refractivity (Wildman–Crippen MR) is 78.9 cm³/mol. The maximum absolute atomic E-state index is 4.73. The largest absolute Gasteiger partial charge is 0.307 e. The Hall–Kier alpha value is -1.26. The lowest BCUT2D eigenvalue weighted by atomic mass is 10.1. The third-order valence-electron chi connectivity index (χ3n) is 3.46. The molecule has 1 N–H and O–H groups in total. The van der Waals surface area contributed by atoms with Crippen molar-refractivity contribution in [3.63, 3.8) is 0 Å². The lowest BCUT2D eigenvalue weighted by molar-refractivity contribution is 0.754. The Morgan fingerprint density at radius 2 is 2.05 bits per heavy atom. The Bertz CT molecular complexity index is 610. The van der Waals surface area contributed by atoms with Crippen molar-refractivity contribution in [3.8, 4) is 0 Å². The first kappa shape index (κ1) is 12.8. The number of nitrogens with one attached hydrogen (secondary N) is 1. The predicted octanol–water partition coefficient (Wildman–Crippen LogP) is 3.00. The van der Waals surface area contributed by atoms with E-state index in [2.05, 4.69) is 46.4 Å². The summed E-state index contributed by atoms with van der Waals surface area (Å²) in [5.74, 6) is 0.922. The lowest BCUT2D eigenvalue weighted by Crippen LogP contribution is -2.06. The quantitative estimate of drug-likeness (QED) is 0.945. The molecule has 0 aliphatic carbocycles. The van der Waals surface area contributed by atoms with Crippen molar-refractivity contribution >= 4 is 15.9 Å². The second kappa shape index (κ2) is 5.39. The molecule has 1 aliphatic heterocycles. The molecule has 4 heteroatoms. The van der Waals surface area contributed by atoms with Crippen LogP contribution >= 0.6 is 15.9 Å². The molecule has 0 atom stereocenters. The highest BCUT2D eigenvalue weighted by Crippen LogP contribution is 2.21. The zero-order chi connectivity index (χ0) is 13.2. The molecule has 0 spiro atoms. The summed E-state index contributed by atoms with van der Waals surface area (Å²) in [6.45, 7) is 3.94. The molecule has 0 amide bonds. The highest BCUT2D eigenvalue weighted by atomic mass is 79.9. The van der Waals surface area contributed by atoms with Gasteiger partial charge in [-0.05, 0) is 18.1 Å². The van der Waals surface area contributed by atoms with Gasteiger partial charge in [0.2, 0.25) is 0 Å². The number of hydrogen-bond donors (Lipinski definition) is 1. The first-order valence-electron chi connectivity index (χ1n) is 6.59. The Morgan fingerprint density at radius 3 is 2.84 bits per heavy atom. The number of rotatable bonds is 3. The van der Waals surface area contributed by atoms with Gasteiger partial charge in [-0.15, -0.1) is 0 Å². The van der Waals surface area contributed by atoms with Crippen LogP contribution in [0.4, 0.5) is 0 Å². The Morgan fingerprint density at radius 1 is 1.21 bits per heavy atom. The molecular weight excluding hydrogens is 302 g/mol. The number of aryl methyl sites for hydroxylation is 1. The Balaban J connectivity index is 1.96. The van der Waals surface area contributed by atoms with Crippen LogP contribution in [0.5, 0.6) is 0 Å². The number of hydrogen-bond acceptors (Lipinski definition) is 3. The average molecular weight is 318 g/mol. The summed E-state index contributed by atoms with van der Waals surface area (Å²) in [7, 11) is 0. The van der Waals surface area contributed by atoms with Crippen molar-refractivity contribution in [1.29, 1.82) is 0 Å². The average Bonchev–Trinajstić information content (AvgIpc) is 2.89. The van der Waals surface area contributed by atoms with E-state index in [0.29, 0.717) is 0 Å². The van der Waals surface area contributed by atoms with Crippen LogP contribution in [0.3, 0.4) is 0 Å². The molecule has 98 valence electrons. The van der Waals surface area contributed by atoms with E-state index in [9.17, 15) is 0 Å². The molecule has 0 fully saturated rings. The molecule has 2 heterocycles. The Kier molecular flexibility index (Phi) is 3.62. The molecule has 19 heavy (non-hydrogen) atoms. The number of benzene rings is 1. The van der Waals surface area contributed by atoms with Gasteiger partial charge < -0.3 is 5.32 Å². The molecule has 1 aromatic heterocycles. The van der Waals surface area contributed by atoms with Gasteiger partial charge in [-0.1, -0.05) is 41.1 Å². The number of nitrogens with zero attached hydrogens (tertiary/aromatic N) is 2. The van der Waals surface area contributed by atoms with Crippen molar-refractivity contribution in [2.24, 2.45) is 0 Å². The number of aromatic nitrogens is 2. The smallest absolute Gasteiger partial charge is 0.133 e. The summed E-state index contributed by atoms with van der Waals surface area (Å²) in [5, 5.41) is 3.35. The van der Waals surface area contributed by atoms with E-state index in [0.717, 1.165) is 36.2 Å². The van der Waals surface area contributed by atoms with E-state index in [1.807, 2.05) is 6.07 Å². The van der Waals surface area contributed by atoms with Gasteiger partial charge >= 0.3 is 0 Å². The number of halogens is 1. The van der Waals surface area contributed by atoms with Crippen LogP contribution in [-0.2, 0) is 25.9 Å². The second-order valence-corrected chi connectivity index (χ2v) is 5.59. The van der Waals surface area contributed by atoms with Crippen LogP contribution in [0, 0.1) is 0 Å². The molecule has 1 aliphatic rings. The van der Waals surface area contributed by atoms with Gasteiger partial charge in [0.15, 0.2) is 0 Å². The van der Waals surface area contributed by atoms with Gasteiger partial charge in [0.1, 0.15) is 5.82 Å². The van der Waals surface area contributed by atoms with Crippen LogP contribution in [0.15, 0.2) is 28.7 Å². The van der Waals surface area contributed by atoms with E-state index >= 15 is 0 Å². The van der Waals surface area contributed by atoms with Gasteiger partial charge in [-0.3, -0.25) is 0 Å². The van der Waals surface area contributed by atoms with Crippen LogP contribution in [0.2, 0.25) is 0 Å². The molecule has 0 saturated carbocycles. The molecule has 3 nitrogen and oxygen atoms in total. The molecular formula is C15H16BrN3. The SMILES string of the molecule is CCc1nc(Cc2ccccc2Br)nc2c1CNC2. The first-order chi connectivity index (χ1) is 9.28. The summed E-state index contributed by atoms with van der Waals surface area (Å²) in [4.78, 5) is 9.43. The fourth-order valence-corrected chi connectivity index (χ4v) is 2.90. The van der Waals surface area contributed by atoms with Gasteiger partial charge in [0.05, 0.1) is 5.69 Å². The fraction of sp³-hybridized carbons (Fsp3) is 0.333. The van der Waals surface area contributed by atoms with Gasteiger partial charge in [-0.2, -0.15) is 0 Å². The zero-order valence-electron chi connectivity index (χ0n) is 10.9. The molecule has 3 rings (SSSR count). The standard InChI is InChI=1S/C15H16BrN3/c1-2-13-11-8-17-9-14(11)19-15(18-13)7-10-5-3-4-6-12(10)16/h3-6,17H,2,7-9H2,1H3. The van der Waals surface area contributed by atoms with E-state index in [1.165, 1.54) is 22.5 Å². The maximum Gasteiger partial charge on any atom is 0.133 e. The normalized spacial score (nSPS) is 13.6. The molecule has 1 aromatic carbocycles. The van der Waals surface area contributed by atoms with Crippen molar-refractivity contribution in [1.82, 2.24) is 15.3 Å². The van der Waals surface area contributed by atoms with Crippen molar-refractivity contribution < 1.29 is 0 Å². The minimum Gasteiger partial charge on any atom is -0.307 e. The van der Waals surface area contributed by atoms with Crippen LogP contribution in [0.1, 0.15) is 35.3 Å². The van der Waals surface area contributed by atoms with Gasteiger partial charge in [-0.25, -0.2) is 9.97 Å². The first-order valence-corrected chi connectivity index (χ1v) is 7.39. The highest BCUT2D eigenvalue weighted by molar-refractivity contribution is 9.10. The molecule has 2 aromatic rings. The van der Waals surface area contributed by atoms with E-state index in [-0.39, 0.29) is 0 Å². The van der Waals surface area contributed by atoms with Crippen LogP contribution < -0.4 is 5.32 Å². The van der Waals surface area contributed by atoms with E-state index in [4.69, 9.17) is 9.97 Å². The van der Waals surface area contributed by atoms with Crippen LogP contribution in [-0.4, -0.2) is 9.97 Å². The molecule has 0 radical (unpaired) electrons. The molecule has 0 saturated heterocycles. The third kappa shape index (κ3) is 2.55. The van der Waals surface area contributed by atoms with E-state index < -0.39 is 0 Å². The van der Waals surface area contributed by atoms with Crippen molar-refractivity contribution in [2.75, 3.05) is 0 Å². The summed E-state index contributed by atoms with van der Waals surface area (Å²) >= 11 is 3.58. The van der Waals surface area contributed by atoms with Crippen LogP contribution in [0.25, 0.3) is 0 Å². The maximum atomic E-state index is 4.73. The van der Waals surface area contributed by atoms with E-state index in [1.54, 1.807) is 0 Å². The monoisotopic (exact) mass is 317 g/mol. The summed E-state index contributed by atoms with van der Waals surface area (Å²) in [6.07, 6.45) is 1.75. The van der Waals surface area contributed by atoms with Crippen molar-refractivity contribution in [3.05, 3.63) is 57.1 Å². The second-order valence-electron chi connectivity index (χ2n) is 4.74. The fourth-order valence-electron chi connectivity index (χ4n) is 2.48.